The quantitative estimate of drug-likeness (QED) is 0.865. The Morgan fingerprint density at radius 2 is 2.17 bits per heavy atom. The summed E-state index contributed by atoms with van der Waals surface area (Å²) in [6.07, 6.45) is 1.05. The third kappa shape index (κ3) is 6.33. The highest BCUT2D eigenvalue weighted by molar-refractivity contribution is 6.30. The summed E-state index contributed by atoms with van der Waals surface area (Å²) in [4.78, 5) is 13.4. The highest BCUT2D eigenvalue weighted by atomic mass is 35.5. The van der Waals surface area contributed by atoms with Crippen LogP contribution in [0.5, 0.6) is 0 Å². The zero-order valence-electron chi connectivity index (χ0n) is 13.1. The van der Waals surface area contributed by atoms with Crippen molar-refractivity contribution in [1.82, 2.24) is 15.5 Å². The van der Waals surface area contributed by atoms with Crippen molar-refractivity contribution in [3.8, 4) is 0 Å². The lowest BCUT2D eigenvalue weighted by molar-refractivity contribution is 0.105. The number of ether oxygens (including phenoxy) is 1. The Morgan fingerprint density at radius 3 is 2.87 bits per heavy atom. The van der Waals surface area contributed by atoms with Gasteiger partial charge in [-0.1, -0.05) is 23.7 Å². The first-order valence-electron chi connectivity index (χ1n) is 7.88. The maximum absolute atomic E-state index is 12.2. The van der Waals surface area contributed by atoms with E-state index < -0.39 is 0 Å². The second kappa shape index (κ2) is 9.70. The number of halogens is 2. The van der Waals surface area contributed by atoms with Crippen LogP contribution < -0.4 is 10.6 Å². The summed E-state index contributed by atoms with van der Waals surface area (Å²) in [6.45, 7) is 5.90. The van der Waals surface area contributed by atoms with Crippen molar-refractivity contribution in [2.24, 2.45) is 5.92 Å². The summed E-state index contributed by atoms with van der Waals surface area (Å²) < 4.78 is 17.6. The van der Waals surface area contributed by atoms with Crippen molar-refractivity contribution in [3.05, 3.63) is 35.1 Å². The van der Waals surface area contributed by atoms with Crippen LogP contribution in [0.2, 0.25) is 5.02 Å². The van der Waals surface area contributed by atoms with Crippen molar-refractivity contribution in [2.45, 2.75) is 6.42 Å². The van der Waals surface area contributed by atoms with Crippen molar-refractivity contribution in [1.29, 1.82) is 0 Å². The molecule has 0 aliphatic carbocycles. The number of hydrogen-bond donors (Lipinski definition) is 2. The summed E-state index contributed by atoms with van der Waals surface area (Å²) in [7, 11) is 0. The second-order valence-corrected chi connectivity index (χ2v) is 6.00. The number of carbonyl (C=O) groups excluding carboxylic acids is 1. The Kier molecular flexibility index (Phi) is 7.58. The average molecular weight is 344 g/mol. The molecule has 23 heavy (non-hydrogen) atoms. The Bertz CT molecular complexity index is 475. The minimum atomic E-state index is -0.367. The molecule has 2 aliphatic rings. The van der Waals surface area contributed by atoms with Crippen LogP contribution in [0.3, 0.4) is 0 Å². The molecule has 7 heteroatoms. The number of carbonyl (C=O) groups is 1. The second-order valence-electron chi connectivity index (χ2n) is 5.59. The van der Waals surface area contributed by atoms with E-state index >= 15 is 0 Å². The number of nitrogens with zero attached hydrogens (tertiary/aromatic N) is 1. The largest absolute Gasteiger partial charge is 0.380 e. The van der Waals surface area contributed by atoms with E-state index in [2.05, 4.69) is 10.6 Å². The molecule has 3 rings (SSSR count). The molecule has 1 atom stereocenters. The van der Waals surface area contributed by atoms with Crippen molar-refractivity contribution in [3.63, 3.8) is 0 Å². The predicted molar refractivity (Wildman–Crippen MR) is 88.2 cm³/mol. The van der Waals surface area contributed by atoms with Gasteiger partial charge in [-0.25, -0.2) is 9.18 Å². The van der Waals surface area contributed by atoms with E-state index in [0.717, 1.165) is 52.4 Å². The van der Waals surface area contributed by atoms with Gasteiger partial charge in [0.05, 0.1) is 18.2 Å². The smallest absolute Gasteiger partial charge is 0.317 e. The summed E-state index contributed by atoms with van der Waals surface area (Å²) in [5, 5.41) is 6.36. The molecule has 2 saturated heterocycles. The maximum atomic E-state index is 12.2. The third-order valence-electron chi connectivity index (χ3n) is 3.68. The first kappa shape index (κ1) is 18.0. The van der Waals surface area contributed by atoms with Gasteiger partial charge in [0, 0.05) is 38.6 Å². The summed E-state index contributed by atoms with van der Waals surface area (Å²) in [5.74, 6) is 0.0607. The fourth-order valence-electron chi connectivity index (χ4n) is 2.48. The zero-order valence-corrected chi connectivity index (χ0v) is 13.8. The lowest BCUT2D eigenvalue weighted by Gasteiger charge is -2.30. The molecule has 2 amide bonds. The molecule has 128 valence electrons. The standard InChI is InChI=1S/C10H19N3O2.C6H4ClF/c14-10-12-2-1-4-13(10)7-9-6-11-3-5-15-8-9;7-5-3-1-2-4-6(5)8/h9,11H,1-8H2,(H,12,14);1-4H. The third-order valence-corrected chi connectivity index (χ3v) is 3.99. The normalized spacial score (nSPS) is 21.7. The van der Waals surface area contributed by atoms with Crippen LogP contribution in [0.4, 0.5) is 9.18 Å². The van der Waals surface area contributed by atoms with E-state index in [1.165, 1.54) is 12.1 Å². The molecule has 0 aromatic heterocycles. The number of urea groups is 1. The molecule has 5 nitrogen and oxygen atoms in total. The Morgan fingerprint density at radius 1 is 1.35 bits per heavy atom. The molecule has 2 fully saturated rings. The molecular formula is C16H23ClFN3O2. The molecule has 1 aromatic rings. The molecule has 1 unspecified atom stereocenters. The van der Waals surface area contributed by atoms with Gasteiger partial charge in [0.2, 0.25) is 0 Å². The summed E-state index contributed by atoms with van der Waals surface area (Å²) in [6, 6.07) is 6.19. The monoisotopic (exact) mass is 343 g/mol. The molecule has 0 bridgehead atoms. The number of nitrogens with one attached hydrogen (secondary N) is 2. The van der Waals surface area contributed by atoms with Crippen molar-refractivity contribution in [2.75, 3.05) is 45.9 Å². The lowest BCUT2D eigenvalue weighted by atomic mass is 10.1. The molecule has 2 N–H and O–H groups in total. The molecule has 1 aromatic carbocycles. The van der Waals surface area contributed by atoms with Gasteiger partial charge in [-0.15, -0.1) is 0 Å². The van der Waals surface area contributed by atoms with Gasteiger partial charge in [-0.3, -0.25) is 0 Å². The molecule has 0 spiro atoms. The lowest BCUT2D eigenvalue weighted by Crippen LogP contribution is -2.49. The van der Waals surface area contributed by atoms with Gasteiger partial charge in [0.25, 0.3) is 0 Å². The molecule has 0 saturated carbocycles. The van der Waals surface area contributed by atoms with Gasteiger partial charge >= 0.3 is 6.03 Å². The molecular weight excluding hydrogens is 321 g/mol. The van der Waals surface area contributed by atoms with E-state index in [1.807, 2.05) is 4.90 Å². The van der Waals surface area contributed by atoms with Gasteiger partial charge < -0.3 is 20.3 Å². The molecule has 2 aliphatic heterocycles. The van der Waals surface area contributed by atoms with Crippen LogP contribution in [0, 0.1) is 11.7 Å². The first-order valence-corrected chi connectivity index (χ1v) is 8.26. The molecule has 0 radical (unpaired) electrons. The van der Waals surface area contributed by atoms with E-state index in [1.54, 1.807) is 12.1 Å². The molecule has 2 heterocycles. The summed E-state index contributed by atoms with van der Waals surface area (Å²) in [5.41, 5.74) is 0. The van der Waals surface area contributed by atoms with Crippen LogP contribution in [-0.4, -0.2) is 56.9 Å². The zero-order chi connectivity index (χ0) is 16.5. The number of amides is 2. The average Bonchev–Trinajstić information content (AvgIpc) is 2.82. The van der Waals surface area contributed by atoms with Crippen LogP contribution in [0.1, 0.15) is 6.42 Å². The van der Waals surface area contributed by atoms with Crippen LogP contribution in [0.15, 0.2) is 24.3 Å². The van der Waals surface area contributed by atoms with Gasteiger partial charge in [-0.2, -0.15) is 0 Å². The maximum Gasteiger partial charge on any atom is 0.317 e. The SMILES string of the molecule is Fc1ccccc1Cl.O=C1NCCCN1CC1CNCCOC1. The minimum Gasteiger partial charge on any atom is -0.380 e. The van der Waals surface area contributed by atoms with Crippen LogP contribution >= 0.6 is 11.6 Å². The fourth-order valence-corrected chi connectivity index (χ4v) is 2.62. The van der Waals surface area contributed by atoms with Crippen molar-refractivity contribution < 1.29 is 13.9 Å². The number of hydrogen-bond acceptors (Lipinski definition) is 3. The van der Waals surface area contributed by atoms with E-state index in [-0.39, 0.29) is 16.9 Å². The van der Waals surface area contributed by atoms with Crippen molar-refractivity contribution >= 4 is 17.6 Å². The predicted octanol–water partition coefficient (Wildman–Crippen LogP) is 2.12. The number of rotatable bonds is 2. The van der Waals surface area contributed by atoms with E-state index in [9.17, 15) is 9.18 Å². The minimum absolute atomic E-state index is 0.0745. The van der Waals surface area contributed by atoms with Crippen LogP contribution in [-0.2, 0) is 4.74 Å². The highest BCUT2D eigenvalue weighted by Crippen LogP contribution is 2.11. The Hall–Kier alpha value is -1.37. The van der Waals surface area contributed by atoms with E-state index in [0.29, 0.717) is 5.92 Å². The topological polar surface area (TPSA) is 53.6 Å². The van der Waals surface area contributed by atoms with Crippen LogP contribution in [0.25, 0.3) is 0 Å². The Labute approximate surface area is 141 Å². The van der Waals surface area contributed by atoms with Gasteiger partial charge in [0.15, 0.2) is 0 Å². The Balaban J connectivity index is 0.000000203. The van der Waals surface area contributed by atoms with E-state index in [4.69, 9.17) is 16.3 Å². The highest BCUT2D eigenvalue weighted by Gasteiger charge is 2.22. The first-order chi connectivity index (χ1) is 11.2. The fraction of sp³-hybridized carbons (Fsp3) is 0.562. The van der Waals surface area contributed by atoms with Gasteiger partial charge in [-0.05, 0) is 18.6 Å². The van der Waals surface area contributed by atoms with Gasteiger partial charge in [0.1, 0.15) is 5.82 Å². The summed E-state index contributed by atoms with van der Waals surface area (Å²) >= 11 is 5.33. The number of benzene rings is 1.